The van der Waals surface area contributed by atoms with Crippen molar-refractivity contribution in [2.75, 3.05) is 32.2 Å². The van der Waals surface area contributed by atoms with Crippen molar-refractivity contribution in [3.8, 4) is 5.75 Å². The first-order valence-corrected chi connectivity index (χ1v) is 17.9. The number of benzene rings is 2. The van der Waals surface area contributed by atoms with E-state index < -0.39 is 42.8 Å². The molecule has 6 atom stereocenters. The topological polar surface area (TPSA) is 133 Å². The number of nitrogens with one attached hydrogen (secondary N) is 1. The molecule has 12 nitrogen and oxygen atoms in total. The number of esters is 1. The van der Waals surface area contributed by atoms with Crippen LogP contribution in [0.4, 0.5) is 10.2 Å². The number of imidazole rings is 1. The summed E-state index contributed by atoms with van der Waals surface area (Å²) in [6.07, 6.45) is -2.65. The van der Waals surface area contributed by atoms with E-state index in [0.717, 1.165) is 10.8 Å². The minimum Gasteiger partial charge on any atom is -0.464 e. The number of rotatable bonds is 11. The summed E-state index contributed by atoms with van der Waals surface area (Å²) in [5.74, 6) is 0.938. The number of carbonyl (C=O) groups is 1. The van der Waals surface area contributed by atoms with Gasteiger partial charge in [0.05, 0.1) is 19.5 Å². The van der Waals surface area contributed by atoms with E-state index in [-0.39, 0.29) is 18.6 Å². The van der Waals surface area contributed by atoms with Gasteiger partial charge in [0.15, 0.2) is 28.9 Å². The zero-order valence-electron chi connectivity index (χ0n) is 27.8. The van der Waals surface area contributed by atoms with Gasteiger partial charge in [-0.1, -0.05) is 57.2 Å². The van der Waals surface area contributed by atoms with Gasteiger partial charge in [0.25, 0.3) is 0 Å². The van der Waals surface area contributed by atoms with E-state index in [1.807, 2.05) is 71.3 Å². The van der Waals surface area contributed by atoms with Gasteiger partial charge < -0.3 is 28.5 Å². The third-order valence-electron chi connectivity index (χ3n) is 7.64. The van der Waals surface area contributed by atoms with E-state index >= 15 is 4.39 Å². The predicted molar refractivity (Wildman–Crippen MR) is 182 cm³/mol. The number of hydrogen-bond acceptors (Lipinski definition) is 11. The fourth-order valence-corrected chi connectivity index (χ4v) is 7.63. The monoisotopic (exact) mass is 688 g/mol. The molecule has 0 aliphatic carbocycles. The first-order valence-electron chi connectivity index (χ1n) is 15.3. The van der Waals surface area contributed by atoms with E-state index in [9.17, 15) is 9.90 Å². The maximum Gasteiger partial charge on any atom is 0.323 e. The van der Waals surface area contributed by atoms with Gasteiger partial charge in [0.2, 0.25) is 0 Å². The van der Waals surface area contributed by atoms with Crippen LogP contribution in [-0.2, 0) is 30.6 Å². The average Bonchev–Trinajstić information content (AvgIpc) is 3.51. The molecule has 15 heteroatoms. The SMILES string of the molecule is Cc1nc(N(C)C)c2ncn([C@@H]3O[C@H](COP(=S)(N[C@@H](C)C(=O)OCC(C)(C)C)Oc4cccc5ccccc45)[C@@H](O)[C@@]3(C)F)c2n1. The summed E-state index contributed by atoms with van der Waals surface area (Å²) in [4.78, 5) is 28.1. The van der Waals surface area contributed by atoms with Crippen LogP contribution in [0.5, 0.6) is 5.75 Å². The summed E-state index contributed by atoms with van der Waals surface area (Å²) in [7, 11) is 3.65. The summed E-state index contributed by atoms with van der Waals surface area (Å²) >= 11 is 5.94. The molecule has 2 N–H and O–H groups in total. The molecule has 0 amide bonds. The molecular weight excluding hydrogens is 646 g/mol. The highest BCUT2D eigenvalue weighted by molar-refractivity contribution is 8.09. The summed E-state index contributed by atoms with van der Waals surface area (Å²) < 4.78 is 42.0. The molecule has 254 valence electrons. The summed E-state index contributed by atoms with van der Waals surface area (Å²) in [6.45, 7) is 6.75. The molecule has 0 radical (unpaired) electrons. The normalized spacial score (nSPS) is 23.5. The lowest BCUT2D eigenvalue weighted by Gasteiger charge is -2.29. The van der Waals surface area contributed by atoms with Crippen molar-refractivity contribution in [2.45, 2.75) is 71.7 Å². The fraction of sp³-hybridized carbons (Fsp3) is 0.500. The van der Waals surface area contributed by atoms with Crippen LogP contribution in [0.25, 0.3) is 21.9 Å². The van der Waals surface area contributed by atoms with Crippen molar-refractivity contribution in [2.24, 2.45) is 5.41 Å². The molecule has 1 fully saturated rings. The lowest BCUT2D eigenvalue weighted by atomic mass is 9.98. The number of aliphatic hydroxyl groups is 1. The molecule has 1 saturated heterocycles. The highest BCUT2D eigenvalue weighted by Crippen LogP contribution is 2.49. The standard InChI is InChI=1S/C32H42FN6O6PS/c1-19(29(41)42-17-31(3,4)5)37-46(47,45-23-15-11-13-21-12-9-10-14-22(21)23)43-16-24-26(40)32(6,33)30(44-24)39-18-34-25-27(38(7)8)35-20(2)36-28(25)39/h9-15,18-19,24,26,30,40H,16-17H2,1-8H3,(H,37,47)/t19-,24+,26+,30+,32+,46?/m0/s1. The van der Waals surface area contributed by atoms with Crippen LogP contribution < -0.4 is 14.5 Å². The van der Waals surface area contributed by atoms with Gasteiger partial charge in [-0.25, -0.2) is 24.4 Å². The molecule has 4 aromatic rings. The number of ether oxygens (including phenoxy) is 2. The van der Waals surface area contributed by atoms with Crippen LogP contribution in [0.2, 0.25) is 0 Å². The number of fused-ring (bicyclic) bond motifs is 2. The highest BCUT2D eigenvalue weighted by Gasteiger charge is 2.56. The van der Waals surface area contributed by atoms with Crippen molar-refractivity contribution in [1.82, 2.24) is 24.6 Å². The highest BCUT2D eigenvalue weighted by atomic mass is 32.5. The molecule has 0 saturated carbocycles. The smallest absolute Gasteiger partial charge is 0.323 e. The van der Waals surface area contributed by atoms with Crippen molar-refractivity contribution in [3.63, 3.8) is 0 Å². The summed E-state index contributed by atoms with van der Waals surface area (Å²) in [5.41, 5.74) is -1.69. The Morgan fingerprint density at radius 3 is 2.64 bits per heavy atom. The summed E-state index contributed by atoms with van der Waals surface area (Å²) in [6, 6.07) is 12.2. The molecule has 47 heavy (non-hydrogen) atoms. The number of anilines is 1. The zero-order chi connectivity index (χ0) is 34.3. The maximum absolute atomic E-state index is 16.4. The minimum atomic E-state index is -3.56. The van der Waals surface area contributed by atoms with Gasteiger partial charge in [0, 0.05) is 19.5 Å². The number of hydrogen-bond donors (Lipinski definition) is 2. The second-order valence-electron chi connectivity index (χ2n) is 13.3. The quantitative estimate of drug-likeness (QED) is 0.158. The number of aromatic nitrogens is 4. The largest absolute Gasteiger partial charge is 0.464 e. The number of nitrogens with zero attached hydrogens (tertiary/aromatic N) is 5. The molecule has 1 aliphatic rings. The first-order chi connectivity index (χ1) is 22.0. The van der Waals surface area contributed by atoms with Crippen LogP contribution in [0.1, 0.15) is 46.7 Å². The average molecular weight is 689 g/mol. The third-order valence-corrected chi connectivity index (χ3v) is 10.1. The third kappa shape index (κ3) is 7.58. The molecule has 1 aliphatic heterocycles. The van der Waals surface area contributed by atoms with E-state index in [2.05, 4.69) is 20.0 Å². The molecule has 5 rings (SSSR count). The lowest BCUT2D eigenvalue weighted by molar-refractivity contribution is -0.148. The van der Waals surface area contributed by atoms with Crippen LogP contribution in [0.15, 0.2) is 48.8 Å². The zero-order valence-corrected chi connectivity index (χ0v) is 29.5. The van der Waals surface area contributed by atoms with E-state index in [1.54, 1.807) is 24.8 Å². The first kappa shape index (κ1) is 35.1. The fourth-order valence-electron chi connectivity index (χ4n) is 5.21. The number of carbonyl (C=O) groups excluding carboxylic acids is 1. The molecule has 0 spiro atoms. The van der Waals surface area contributed by atoms with Gasteiger partial charge in [-0.05, 0) is 49.4 Å². The molecule has 3 heterocycles. The number of aliphatic hydroxyl groups excluding tert-OH is 1. The Morgan fingerprint density at radius 1 is 1.23 bits per heavy atom. The van der Waals surface area contributed by atoms with E-state index in [1.165, 1.54) is 17.8 Å². The molecule has 1 unspecified atom stereocenters. The van der Waals surface area contributed by atoms with E-state index in [4.69, 9.17) is 30.3 Å². The molecule has 0 bridgehead atoms. The number of halogens is 1. The van der Waals surface area contributed by atoms with Crippen molar-refractivity contribution < 1.29 is 32.8 Å². The van der Waals surface area contributed by atoms with Crippen molar-refractivity contribution >= 4 is 52.2 Å². The molecular formula is C32H42FN6O6PS. The predicted octanol–water partition coefficient (Wildman–Crippen LogP) is 5.23. The van der Waals surface area contributed by atoms with E-state index in [0.29, 0.717) is 28.6 Å². The Labute approximate surface area is 278 Å². The Bertz CT molecular complexity index is 1810. The van der Waals surface area contributed by atoms with Gasteiger partial charge in [-0.3, -0.25) is 9.36 Å². The Balaban J connectivity index is 1.41. The number of alkyl halides is 1. The maximum atomic E-state index is 16.4. The van der Waals surface area contributed by atoms with Crippen LogP contribution in [0.3, 0.4) is 0 Å². The van der Waals surface area contributed by atoms with Gasteiger partial charge in [0.1, 0.15) is 29.8 Å². The molecule has 2 aromatic carbocycles. The second-order valence-corrected chi connectivity index (χ2v) is 16.5. The lowest BCUT2D eigenvalue weighted by Crippen LogP contribution is -2.41. The molecule has 2 aromatic heterocycles. The minimum absolute atomic E-state index is 0.202. The van der Waals surface area contributed by atoms with Crippen LogP contribution in [-0.4, -0.2) is 81.8 Å². The number of aryl methyl sites for hydroxylation is 1. The Kier molecular flexibility index (Phi) is 9.94. The second kappa shape index (κ2) is 13.3. The van der Waals surface area contributed by atoms with Crippen molar-refractivity contribution in [1.29, 1.82) is 0 Å². The van der Waals surface area contributed by atoms with Crippen LogP contribution in [0, 0.1) is 12.3 Å². The Hall–Kier alpha value is -3.26. The Morgan fingerprint density at radius 2 is 1.94 bits per heavy atom. The van der Waals surface area contributed by atoms with Gasteiger partial charge in [-0.15, -0.1) is 0 Å². The van der Waals surface area contributed by atoms with Gasteiger partial charge >= 0.3 is 12.6 Å². The van der Waals surface area contributed by atoms with Gasteiger partial charge in [-0.2, -0.15) is 0 Å². The van der Waals surface area contributed by atoms with Crippen molar-refractivity contribution in [3.05, 3.63) is 54.6 Å². The van der Waals surface area contributed by atoms with Crippen LogP contribution >= 0.6 is 6.64 Å². The summed E-state index contributed by atoms with van der Waals surface area (Å²) in [5, 5.41) is 15.9.